The number of carboxylic acids is 1. The van der Waals surface area contributed by atoms with Crippen LogP contribution in [0.1, 0.15) is 17.5 Å². The van der Waals surface area contributed by atoms with Gasteiger partial charge in [-0.2, -0.15) is 0 Å². The van der Waals surface area contributed by atoms with Gasteiger partial charge in [-0.05, 0) is 30.5 Å². The molecule has 2 rings (SSSR count). The number of carboxylic acid groups (broad SMARTS) is 1. The average molecular weight is 249 g/mol. The van der Waals surface area contributed by atoms with Gasteiger partial charge in [0.15, 0.2) is 0 Å². The highest BCUT2D eigenvalue weighted by Crippen LogP contribution is 2.23. The molecule has 1 N–H and O–H groups in total. The van der Waals surface area contributed by atoms with E-state index >= 15 is 0 Å². The molecule has 4 heteroatoms. The zero-order valence-electron chi connectivity index (χ0n) is 10.7. The number of benzene rings is 1. The van der Waals surface area contributed by atoms with Gasteiger partial charge in [-0.15, -0.1) is 0 Å². The van der Waals surface area contributed by atoms with Crippen molar-refractivity contribution in [3.63, 3.8) is 0 Å². The predicted molar refractivity (Wildman–Crippen MR) is 70.2 cm³/mol. The summed E-state index contributed by atoms with van der Waals surface area (Å²) in [6, 6.07) is 6.20. The van der Waals surface area contributed by atoms with Crippen molar-refractivity contribution < 1.29 is 14.6 Å². The van der Waals surface area contributed by atoms with Gasteiger partial charge >= 0.3 is 5.97 Å². The first-order valence-corrected chi connectivity index (χ1v) is 6.31. The summed E-state index contributed by atoms with van der Waals surface area (Å²) in [5, 5.41) is 8.72. The van der Waals surface area contributed by atoms with Gasteiger partial charge in [-0.3, -0.25) is 4.79 Å². The van der Waals surface area contributed by atoms with E-state index in [1.54, 1.807) is 0 Å². The molecule has 1 aliphatic heterocycles. The summed E-state index contributed by atoms with van der Waals surface area (Å²) in [6.45, 7) is 5.43. The Labute approximate surface area is 107 Å². The molecule has 0 saturated carbocycles. The van der Waals surface area contributed by atoms with Gasteiger partial charge < -0.3 is 14.7 Å². The molecule has 0 atom stereocenters. The zero-order chi connectivity index (χ0) is 13.0. The molecule has 0 spiro atoms. The Morgan fingerprint density at radius 1 is 1.39 bits per heavy atom. The summed E-state index contributed by atoms with van der Waals surface area (Å²) in [5.74, 6) is -0.747. The molecule has 1 heterocycles. The molecule has 0 amide bonds. The van der Waals surface area contributed by atoms with Crippen molar-refractivity contribution in [3.8, 4) is 0 Å². The van der Waals surface area contributed by atoms with Crippen LogP contribution in [0.5, 0.6) is 0 Å². The maximum Gasteiger partial charge on any atom is 0.303 e. The highest BCUT2D eigenvalue weighted by molar-refractivity contribution is 5.67. The van der Waals surface area contributed by atoms with E-state index in [4.69, 9.17) is 9.84 Å². The van der Waals surface area contributed by atoms with E-state index in [1.165, 1.54) is 11.3 Å². The minimum atomic E-state index is -0.747. The molecule has 1 aliphatic rings. The van der Waals surface area contributed by atoms with Crippen molar-refractivity contribution in [3.05, 3.63) is 29.3 Å². The first-order chi connectivity index (χ1) is 8.66. The fourth-order valence-corrected chi connectivity index (χ4v) is 2.21. The summed E-state index contributed by atoms with van der Waals surface area (Å²) in [5.41, 5.74) is 3.53. The second-order valence-corrected chi connectivity index (χ2v) is 4.61. The molecule has 1 aromatic carbocycles. The Morgan fingerprint density at radius 3 is 2.78 bits per heavy atom. The van der Waals surface area contributed by atoms with E-state index in [0.717, 1.165) is 31.9 Å². The van der Waals surface area contributed by atoms with Crippen LogP contribution in [-0.4, -0.2) is 37.4 Å². The van der Waals surface area contributed by atoms with E-state index in [-0.39, 0.29) is 6.42 Å². The van der Waals surface area contributed by atoms with Crippen molar-refractivity contribution in [2.45, 2.75) is 19.8 Å². The van der Waals surface area contributed by atoms with Gasteiger partial charge in [-0.25, -0.2) is 0 Å². The minimum Gasteiger partial charge on any atom is -0.481 e. The van der Waals surface area contributed by atoms with Gasteiger partial charge in [0.05, 0.1) is 13.2 Å². The molecular weight excluding hydrogens is 230 g/mol. The Balaban J connectivity index is 2.12. The topological polar surface area (TPSA) is 49.8 Å². The number of carbonyl (C=O) groups is 1. The van der Waals surface area contributed by atoms with Gasteiger partial charge in [0, 0.05) is 25.2 Å². The lowest BCUT2D eigenvalue weighted by molar-refractivity contribution is -0.136. The molecule has 0 aliphatic carbocycles. The average Bonchev–Trinajstić information content (AvgIpc) is 2.38. The molecule has 0 aromatic heterocycles. The Bertz CT molecular complexity index is 425. The van der Waals surface area contributed by atoms with Crippen LogP contribution in [0.25, 0.3) is 0 Å². The summed E-state index contributed by atoms with van der Waals surface area (Å²) < 4.78 is 5.35. The van der Waals surface area contributed by atoms with Gasteiger partial charge in [-0.1, -0.05) is 12.1 Å². The number of ether oxygens (including phenoxy) is 1. The van der Waals surface area contributed by atoms with Crippen LogP contribution in [0.4, 0.5) is 5.69 Å². The van der Waals surface area contributed by atoms with E-state index in [2.05, 4.69) is 24.0 Å². The molecule has 18 heavy (non-hydrogen) atoms. The summed E-state index contributed by atoms with van der Waals surface area (Å²) in [7, 11) is 0. The van der Waals surface area contributed by atoms with E-state index < -0.39 is 5.97 Å². The monoisotopic (exact) mass is 249 g/mol. The second-order valence-electron chi connectivity index (χ2n) is 4.61. The van der Waals surface area contributed by atoms with E-state index in [9.17, 15) is 4.79 Å². The number of hydrogen-bond acceptors (Lipinski definition) is 3. The summed E-state index contributed by atoms with van der Waals surface area (Å²) in [6.07, 6.45) is 0.776. The summed E-state index contributed by atoms with van der Waals surface area (Å²) in [4.78, 5) is 12.9. The third kappa shape index (κ3) is 3.23. The first-order valence-electron chi connectivity index (χ1n) is 6.31. The van der Waals surface area contributed by atoms with E-state index in [0.29, 0.717) is 6.42 Å². The Hall–Kier alpha value is -1.55. The normalized spacial score (nSPS) is 15.7. The lowest BCUT2D eigenvalue weighted by Crippen LogP contribution is -2.36. The highest BCUT2D eigenvalue weighted by atomic mass is 16.5. The number of anilines is 1. The molecule has 1 fully saturated rings. The van der Waals surface area contributed by atoms with Crippen LogP contribution >= 0.6 is 0 Å². The molecule has 1 aromatic rings. The van der Waals surface area contributed by atoms with Gasteiger partial charge in [0.1, 0.15) is 0 Å². The van der Waals surface area contributed by atoms with Gasteiger partial charge in [0.2, 0.25) is 0 Å². The van der Waals surface area contributed by atoms with E-state index in [1.807, 2.05) is 6.07 Å². The maximum atomic E-state index is 10.6. The smallest absolute Gasteiger partial charge is 0.303 e. The van der Waals surface area contributed by atoms with Crippen LogP contribution < -0.4 is 4.90 Å². The number of nitrogens with zero attached hydrogens (tertiary/aromatic N) is 1. The first kappa shape index (κ1) is 12.9. The standard InChI is InChI=1S/C14H19NO3/c1-11-2-3-12(4-5-14(16)17)10-13(11)15-6-8-18-9-7-15/h2-3,10H,4-9H2,1H3,(H,16,17). The molecule has 0 radical (unpaired) electrons. The largest absolute Gasteiger partial charge is 0.481 e. The zero-order valence-corrected chi connectivity index (χ0v) is 10.7. The fourth-order valence-electron chi connectivity index (χ4n) is 2.21. The molecule has 1 saturated heterocycles. The number of hydrogen-bond donors (Lipinski definition) is 1. The number of rotatable bonds is 4. The lowest BCUT2D eigenvalue weighted by Gasteiger charge is -2.30. The van der Waals surface area contributed by atoms with Crippen LogP contribution in [0.2, 0.25) is 0 Å². The Kier molecular flexibility index (Phi) is 4.20. The molecule has 4 nitrogen and oxygen atoms in total. The van der Waals surface area contributed by atoms with Crippen LogP contribution in [-0.2, 0) is 16.0 Å². The third-order valence-electron chi connectivity index (χ3n) is 3.25. The van der Waals surface area contributed by atoms with Crippen molar-refractivity contribution in [2.24, 2.45) is 0 Å². The van der Waals surface area contributed by atoms with Crippen LogP contribution in [0.15, 0.2) is 18.2 Å². The molecule has 0 unspecified atom stereocenters. The van der Waals surface area contributed by atoms with Crippen molar-refractivity contribution in [2.75, 3.05) is 31.2 Å². The third-order valence-corrected chi connectivity index (χ3v) is 3.25. The highest BCUT2D eigenvalue weighted by Gasteiger charge is 2.13. The quantitative estimate of drug-likeness (QED) is 0.884. The van der Waals surface area contributed by atoms with Crippen molar-refractivity contribution in [1.29, 1.82) is 0 Å². The van der Waals surface area contributed by atoms with Crippen LogP contribution in [0, 0.1) is 6.92 Å². The number of aryl methyl sites for hydroxylation is 2. The lowest BCUT2D eigenvalue weighted by atomic mass is 10.0. The molecule has 0 bridgehead atoms. The fraction of sp³-hybridized carbons (Fsp3) is 0.500. The van der Waals surface area contributed by atoms with Crippen LogP contribution in [0.3, 0.4) is 0 Å². The minimum absolute atomic E-state index is 0.186. The maximum absolute atomic E-state index is 10.6. The van der Waals surface area contributed by atoms with Gasteiger partial charge in [0.25, 0.3) is 0 Å². The van der Waals surface area contributed by atoms with Crippen molar-refractivity contribution >= 4 is 11.7 Å². The second kappa shape index (κ2) is 5.87. The van der Waals surface area contributed by atoms with Crippen molar-refractivity contribution in [1.82, 2.24) is 0 Å². The Morgan fingerprint density at radius 2 is 2.11 bits per heavy atom. The number of morpholine rings is 1. The number of aliphatic carboxylic acids is 1. The molecule has 98 valence electrons. The molecular formula is C14H19NO3. The summed E-state index contributed by atoms with van der Waals surface area (Å²) >= 11 is 0. The predicted octanol–water partition coefficient (Wildman–Crippen LogP) is 1.85. The SMILES string of the molecule is Cc1ccc(CCC(=O)O)cc1N1CCOCC1.